The third-order valence-corrected chi connectivity index (χ3v) is 5.38. The maximum absolute atomic E-state index is 11.6. The predicted octanol–water partition coefficient (Wildman–Crippen LogP) is 2.22. The van der Waals surface area contributed by atoms with Crippen LogP contribution in [0.1, 0.15) is 12.0 Å². The molecule has 0 aromatic heterocycles. The highest BCUT2D eigenvalue weighted by molar-refractivity contribution is 7.91. The minimum atomic E-state index is -2.92. The fourth-order valence-corrected chi connectivity index (χ4v) is 4.54. The highest BCUT2D eigenvalue weighted by atomic mass is 35.5. The Labute approximate surface area is 124 Å². The van der Waals surface area contributed by atoms with Gasteiger partial charge in [0.05, 0.1) is 11.5 Å². The van der Waals surface area contributed by atoms with Gasteiger partial charge in [0.25, 0.3) is 0 Å². The van der Waals surface area contributed by atoms with Crippen LogP contribution in [0.5, 0.6) is 5.75 Å². The lowest BCUT2D eigenvalue weighted by Crippen LogP contribution is -2.35. The highest BCUT2D eigenvalue weighted by Gasteiger charge is 2.31. The fraction of sp³-hybridized carbons (Fsp3) is 0.429. The number of phenols is 1. The zero-order valence-corrected chi connectivity index (χ0v) is 12.7. The van der Waals surface area contributed by atoms with Crippen molar-refractivity contribution in [1.29, 1.82) is 0 Å². The summed E-state index contributed by atoms with van der Waals surface area (Å²) in [5, 5.41) is 10.0. The van der Waals surface area contributed by atoms with Gasteiger partial charge in [0.2, 0.25) is 0 Å². The van der Waals surface area contributed by atoms with E-state index in [0.29, 0.717) is 24.5 Å². The molecule has 0 radical (unpaired) electrons. The predicted molar refractivity (Wildman–Crippen MR) is 80.8 cm³/mol. The van der Waals surface area contributed by atoms with Crippen molar-refractivity contribution >= 4 is 21.4 Å². The largest absolute Gasteiger partial charge is 0.508 e. The molecule has 20 heavy (non-hydrogen) atoms. The van der Waals surface area contributed by atoms with E-state index < -0.39 is 9.84 Å². The van der Waals surface area contributed by atoms with Gasteiger partial charge in [-0.25, -0.2) is 8.42 Å². The smallest absolute Gasteiger partial charge is 0.151 e. The first kappa shape index (κ1) is 15.4. The molecule has 1 N–H and O–H groups in total. The zero-order valence-electron chi connectivity index (χ0n) is 11.1. The van der Waals surface area contributed by atoms with Gasteiger partial charge in [-0.1, -0.05) is 17.7 Å². The van der Waals surface area contributed by atoms with E-state index in [0.717, 1.165) is 5.56 Å². The van der Waals surface area contributed by atoms with Gasteiger partial charge in [0.15, 0.2) is 9.84 Å². The molecular weight excluding hydrogens is 298 g/mol. The lowest BCUT2D eigenvalue weighted by molar-refractivity contribution is 0.226. The van der Waals surface area contributed by atoms with Gasteiger partial charge in [-0.3, -0.25) is 4.90 Å². The molecule has 1 aliphatic rings. The number of aromatic hydroxyl groups is 1. The summed E-state index contributed by atoms with van der Waals surface area (Å²) in [6.45, 7) is 4.87. The molecule has 1 fully saturated rings. The van der Waals surface area contributed by atoms with Crippen LogP contribution in [0.25, 0.3) is 0 Å². The average Bonchev–Trinajstić information content (AvgIpc) is 2.68. The van der Waals surface area contributed by atoms with E-state index in [4.69, 9.17) is 11.6 Å². The second-order valence-electron chi connectivity index (χ2n) is 5.09. The Balaban J connectivity index is 2.15. The molecule has 1 aromatic carbocycles. The molecule has 110 valence electrons. The summed E-state index contributed by atoms with van der Waals surface area (Å²) in [5.41, 5.74) is 0.862. The number of sulfone groups is 1. The van der Waals surface area contributed by atoms with Gasteiger partial charge in [-0.2, -0.15) is 0 Å². The zero-order chi connectivity index (χ0) is 14.8. The Kier molecular flexibility index (Phi) is 4.73. The van der Waals surface area contributed by atoms with E-state index in [2.05, 4.69) is 11.5 Å². The molecule has 1 atom stereocenters. The van der Waals surface area contributed by atoms with Gasteiger partial charge >= 0.3 is 0 Å². The van der Waals surface area contributed by atoms with Crippen molar-refractivity contribution in [2.24, 2.45) is 0 Å². The monoisotopic (exact) mass is 315 g/mol. The lowest BCUT2D eigenvalue weighted by Gasteiger charge is -2.26. The molecule has 6 heteroatoms. The summed E-state index contributed by atoms with van der Waals surface area (Å²) >= 11 is 5.92. The molecule has 0 spiro atoms. The van der Waals surface area contributed by atoms with Crippen LogP contribution >= 0.6 is 11.6 Å². The molecule has 0 bridgehead atoms. The maximum atomic E-state index is 11.6. The third-order valence-electron chi connectivity index (χ3n) is 3.42. The lowest BCUT2D eigenvalue weighted by atomic mass is 10.1. The fourth-order valence-electron chi connectivity index (χ4n) is 2.53. The van der Waals surface area contributed by atoms with Crippen molar-refractivity contribution in [1.82, 2.24) is 4.90 Å². The summed E-state index contributed by atoms with van der Waals surface area (Å²) in [4.78, 5) is 2.06. The first-order valence-electron chi connectivity index (χ1n) is 6.43. The molecule has 4 nitrogen and oxygen atoms in total. The first-order valence-corrected chi connectivity index (χ1v) is 8.63. The van der Waals surface area contributed by atoms with Crippen LogP contribution < -0.4 is 0 Å². The number of nitrogens with zero attached hydrogens (tertiary/aromatic N) is 1. The van der Waals surface area contributed by atoms with Crippen molar-refractivity contribution in [2.45, 2.75) is 19.0 Å². The quantitative estimate of drug-likeness (QED) is 0.847. The second kappa shape index (κ2) is 6.16. The maximum Gasteiger partial charge on any atom is 0.151 e. The van der Waals surface area contributed by atoms with E-state index in [-0.39, 0.29) is 23.3 Å². The Bertz CT molecular complexity index is 580. The SMILES string of the molecule is C=CCN(Cc1cc(O)cc(Cl)c1)C1CCS(=O)(=O)C1. The van der Waals surface area contributed by atoms with Crippen molar-refractivity contribution in [3.8, 4) is 5.75 Å². The minimum Gasteiger partial charge on any atom is -0.508 e. The summed E-state index contributed by atoms with van der Waals surface area (Å²) in [6, 6.07) is 4.90. The van der Waals surface area contributed by atoms with Crippen LogP contribution in [0.4, 0.5) is 0 Å². The highest BCUT2D eigenvalue weighted by Crippen LogP contribution is 2.24. The third kappa shape index (κ3) is 3.98. The molecule has 1 aromatic rings. The normalized spacial score (nSPS) is 21.2. The van der Waals surface area contributed by atoms with Crippen molar-refractivity contribution in [2.75, 3.05) is 18.1 Å². The number of halogens is 1. The van der Waals surface area contributed by atoms with Crippen LogP contribution in [-0.2, 0) is 16.4 Å². The molecule has 1 unspecified atom stereocenters. The van der Waals surface area contributed by atoms with Crippen LogP contribution in [0.3, 0.4) is 0 Å². The van der Waals surface area contributed by atoms with Gasteiger partial charge in [-0.05, 0) is 30.2 Å². The first-order chi connectivity index (χ1) is 9.39. The van der Waals surface area contributed by atoms with E-state index in [1.807, 2.05) is 0 Å². The van der Waals surface area contributed by atoms with Crippen molar-refractivity contribution in [3.05, 3.63) is 41.4 Å². The van der Waals surface area contributed by atoms with E-state index in [9.17, 15) is 13.5 Å². The summed E-state index contributed by atoms with van der Waals surface area (Å²) < 4.78 is 23.2. The Morgan fingerprint density at radius 3 is 2.75 bits per heavy atom. The van der Waals surface area contributed by atoms with Crippen molar-refractivity contribution < 1.29 is 13.5 Å². The number of hydrogen-bond acceptors (Lipinski definition) is 4. The summed E-state index contributed by atoms with van der Waals surface area (Å²) in [7, 11) is -2.92. The average molecular weight is 316 g/mol. The molecule has 1 aliphatic heterocycles. The number of phenolic OH excluding ortho intramolecular Hbond substituents is 1. The molecular formula is C14H18ClNO3S. The van der Waals surface area contributed by atoms with Gasteiger partial charge in [0.1, 0.15) is 5.75 Å². The number of rotatable bonds is 5. The van der Waals surface area contributed by atoms with E-state index in [1.54, 1.807) is 18.2 Å². The molecule has 0 saturated carbocycles. The van der Waals surface area contributed by atoms with E-state index >= 15 is 0 Å². The van der Waals surface area contributed by atoms with Crippen LogP contribution in [-0.4, -0.2) is 42.5 Å². The van der Waals surface area contributed by atoms with Crippen molar-refractivity contribution in [3.63, 3.8) is 0 Å². The second-order valence-corrected chi connectivity index (χ2v) is 7.76. The topological polar surface area (TPSA) is 57.6 Å². The standard InChI is InChI=1S/C14H18ClNO3S/c1-2-4-16(13-3-5-20(18,19)10-13)9-11-6-12(15)8-14(17)7-11/h2,6-8,13,17H,1,3-5,9-10H2. The van der Waals surface area contributed by atoms with Crippen LogP contribution in [0.15, 0.2) is 30.9 Å². The Morgan fingerprint density at radius 1 is 1.45 bits per heavy atom. The summed E-state index contributed by atoms with van der Waals surface area (Å²) in [6.07, 6.45) is 2.40. The number of hydrogen-bond donors (Lipinski definition) is 1. The number of benzene rings is 1. The Morgan fingerprint density at radius 2 is 2.20 bits per heavy atom. The molecule has 0 amide bonds. The minimum absolute atomic E-state index is 0.000811. The van der Waals surface area contributed by atoms with Crippen LogP contribution in [0, 0.1) is 0 Å². The van der Waals surface area contributed by atoms with Gasteiger partial charge in [0, 0.05) is 24.2 Å². The van der Waals surface area contributed by atoms with Gasteiger partial charge in [-0.15, -0.1) is 6.58 Å². The Hall–Kier alpha value is -1.04. The van der Waals surface area contributed by atoms with Crippen LogP contribution in [0.2, 0.25) is 5.02 Å². The van der Waals surface area contributed by atoms with E-state index in [1.165, 1.54) is 6.07 Å². The van der Waals surface area contributed by atoms with Gasteiger partial charge < -0.3 is 5.11 Å². The molecule has 0 aliphatic carbocycles. The molecule has 1 saturated heterocycles. The molecule has 2 rings (SSSR count). The molecule has 1 heterocycles. The summed E-state index contributed by atoms with van der Waals surface area (Å²) in [5.74, 6) is 0.546.